The van der Waals surface area contributed by atoms with Gasteiger partial charge in [-0.05, 0) is 6.92 Å². The first kappa shape index (κ1) is 20.1. The molecule has 0 fully saturated rings. The molecule has 18 heavy (non-hydrogen) atoms. The molecule has 1 aromatic heterocycles. The van der Waals surface area contributed by atoms with Crippen LogP contribution in [0.15, 0.2) is 6.20 Å². The van der Waals surface area contributed by atoms with Crippen LogP contribution < -0.4 is 0 Å². The SMILES string of the molecule is Cc1ncc(CO)c(CO)c1O.O=S(=O)(O)O.[NaH]. The second-order valence-electron chi connectivity index (χ2n) is 2.96. The quantitative estimate of drug-likeness (QED) is 0.336. The van der Waals surface area contributed by atoms with E-state index in [2.05, 4.69) is 4.98 Å². The summed E-state index contributed by atoms with van der Waals surface area (Å²) in [6.07, 6.45) is 1.45. The summed E-state index contributed by atoms with van der Waals surface area (Å²) < 4.78 is 31.6. The Hall–Kier alpha value is -0.260. The van der Waals surface area contributed by atoms with Gasteiger partial charge in [-0.1, -0.05) is 0 Å². The summed E-state index contributed by atoms with van der Waals surface area (Å²) in [5, 5.41) is 27.0. The fourth-order valence-corrected chi connectivity index (χ4v) is 0.997. The van der Waals surface area contributed by atoms with Crippen LogP contribution in [0, 0.1) is 6.92 Å². The van der Waals surface area contributed by atoms with Crippen LogP contribution in [0.1, 0.15) is 16.8 Å². The maximum atomic E-state index is 9.38. The van der Waals surface area contributed by atoms with E-state index in [1.54, 1.807) is 6.92 Å². The molecule has 1 heterocycles. The molecule has 0 radical (unpaired) electrons. The van der Waals surface area contributed by atoms with Gasteiger partial charge in [0.05, 0.1) is 18.9 Å². The molecule has 1 rings (SSSR count). The van der Waals surface area contributed by atoms with Crippen molar-refractivity contribution in [2.45, 2.75) is 20.1 Å². The summed E-state index contributed by atoms with van der Waals surface area (Å²) in [5.74, 6) is -0.0379. The summed E-state index contributed by atoms with van der Waals surface area (Å²) in [6, 6.07) is 0. The molecule has 5 N–H and O–H groups in total. The molecule has 0 amide bonds. The van der Waals surface area contributed by atoms with Crippen LogP contribution in [0.25, 0.3) is 0 Å². The van der Waals surface area contributed by atoms with Crippen LogP contribution in [0.5, 0.6) is 5.75 Å². The van der Waals surface area contributed by atoms with Crippen molar-refractivity contribution >= 4 is 40.0 Å². The number of nitrogens with zero attached hydrogens (tertiary/aromatic N) is 1. The number of aromatic nitrogens is 1. The molecule has 100 valence electrons. The Morgan fingerprint density at radius 2 is 1.67 bits per heavy atom. The molecular weight excluding hydrogens is 277 g/mol. The van der Waals surface area contributed by atoms with E-state index in [9.17, 15) is 5.11 Å². The summed E-state index contributed by atoms with van der Waals surface area (Å²) >= 11 is 0. The van der Waals surface area contributed by atoms with Gasteiger partial charge in [0.15, 0.2) is 0 Å². The van der Waals surface area contributed by atoms with Crippen LogP contribution in [0.2, 0.25) is 0 Å². The predicted octanol–water partition coefficient (Wildman–Crippen LogP) is -1.22. The molecule has 8 nitrogen and oxygen atoms in total. The molecule has 1 aromatic rings. The second kappa shape index (κ2) is 8.77. The first-order valence-corrected chi connectivity index (χ1v) is 5.68. The van der Waals surface area contributed by atoms with E-state index in [0.717, 1.165) is 0 Å². The van der Waals surface area contributed by atoms with E-state index in [0.29, 0.717) is 16.8 Å². The third-order valence-corrected chi connectivity index (χ3v) is 1.76. The summed E-state index contributed by atoms with van der Waals surface area (Å²) in [7, 11) is -4.67. The average molecular weight is 291 g/mol. The number of aryl methyl sites for hydroxylation is 1. The van der Waals surface area contributed by atoms with Gasteiger partial charge in [0.25, 0.3) is 0 Å². The minimum atomic E-state index is -4.67. The number of pyridine rings is 1. The number of rotatable bonds is 2. The van der Waals surface area contributed by atoms with Crippen molar-refractivity contribution in [3.8, 4) is 5.75 Å². The average Bonchev–Trinajstić information content (AvgIpc) is 2.19. The van der Waals surface area contributed by atoms with Gasteiger partial charge in [-0.3, -0.25) is 14.1 Å². The third-order valence-electron chi connectivity index (χ3n) is 1.76. The fraction of sp³-hybridized carbons (Fsp3) is 0.375. The van der Waals surface area contributed by atoms with Crippen molar-refractivity contribution in [3.63, 3.8) is 0 Å². The Bertz CT molecular complexity index is 469. The molecule has 0 aliphatic carbocycles. The van der Waals surface area contributed by atoms with Gasteiger partial charge in [-0.2, -0.15) is 8.42 Å². The molecule has 0 atom stereocenters. The zero-order valence-corrected chi connectivity index (χ0v) is 9.72. The molecule has 0 bridgehead atoms. The summed E-state index contributed by atoms with van der Waals surface area (Å²) in [5.41, 5.74) is 1.27. The number of hydrogen-bond acceptors (Lipinski definition) is 6. The van der Waals surface area contributed by atoms with Crippen molar-refractivity contribution in [3.05, 3.63) is 23.0 Å². The summed E-state index contributed by atoms with van der Waals surface area (Å²) in [4.78, 5) is 3.84. The van der Waals surface area contributed by atoms with Gasteiger partial charge < -0.3 is 15.3 Å². The second-order valence-corrected chi connectivity index (χ2v) is 3.86. The van der Waals surface area contributed by atoms with Gasteiger partial charge in [-0.25, -0.2) is 0 Å². The zero-order valence-electron chi connectivity index (χ0n) is 8.90. The number of aliphatic hydroxyl groups excluding tert-OH is 2. The molecule has 0 saturated heterocycles. The molecule has 0 aliphatic heterocycles. The minimum absolute atomic E-state index is 0. The topological polar surface area (TPSA) is 148 Å². The number of hydrogen-bond donors (Lipinski definition) is 5. The molecular formula is C8H14NNaO7S. The van der Waals surface area contributed by atoms with Crippen molar-refractivity contribution in [1.82, 2.24) is 4.98 Å². The molecule has 0 aliphatic rings. The van der Waals surface area contributed by atoms with Crippen LogP contribution >= 0.6 is 0 Å². The van der Waals surface area contributed by atoms with Gasteiger partial charge in [-0.15, -0.1) is 0 Å². The predicted molar refractivity (Wildman–Crippen MR) is 63.8 cm³/mol. The standard InChI is InChI=1S/C8H11NO3.Na.H2O4S.H/c1-5-8(12)7(4-11)6(3-10)2-9-5;;1-5(2,3)4;/h2,10-12H,3-4H2,1H3;;(H2,1,2,3,4);. The Kier molecular flexibility index (Phi) is 9.78. The van der Waals surface area contributed by atoms with E-state index in [-0.39, 0.29) is 48.5 Å². The van der Waals surface area contributed by atoms with Crippen LogP contribution in [-0.2, 0) is 23.6 Å². The molecule has 0 spiro atoms. The van der Waals surface area contributed by atoms with E-state index >= 15 is 0 Å². The van der Waals surface area contributed by atoms with Crippen LogP contribution in [0.3, 0.4) is 0 Å². The number of aliphatic hydroxyl groups is 2. The summed E-state index contributed by atoms with van der Waals surface area (Å²) in [6.45, 7) is 1.12. The third kappa shape index (κ3) is 7.95. The van der Waals surface area contributed by atoms with Crippen LogP contribution in [0.4, 0.5) is 0 Å². The Morgan fingerprint density at radius 1 is 1.22 bits per heavy atom. The van der Waals surface area contributed by atoms with E-state index < -0.39 is 10.4 Å². The van der Waals surface area contributed by atoms with E-state index in [1.165, 1.54) is 6.20 Å². The van der Waals surface area contributed by atoms with Gasteiger partial charge in [0.2, 0.25) is 0 Å². The Labute approximate surface area is 126 Å². The van der Waals surface area contributed by atoms with Gasteiger partial charge in [0.1, 0.15) is 5.75 Å². The van der Waals surface area contributed by atoms with Gasteiger partial charge in [0, 0.05) is 17.3 Å². The van der Waals surface area contributed by atoms with E-state index in [1.807, 2.05) is 0 Å². The fourth-order valence-electron chi connectivity index (χ4n) is 0.997. The van der Waals surface area contributed by atoms with Crippen LogP contribution in [-0.4, -0.2) is 67.4 Å². The Balaban J connectivity index is 0. The monoisotopic (exact) mass is 291 g/mol. The van der Waals surface area contributed by atoms with Crippen molar-refractivity contribution < 1.29 is 32.8 Å². The molecule has 10 heteroatoms. The first-order valence-electron chi connectivity index (χ1n) is 4.28. The normalized spacial score (nSPS) is 10.1. The molecule has 0 saturated carbocycles. The van der Waals surface area contributed by atoms with E-state index in [4.69, 9.17) is 27.7 Å². The van der Waals surface area contributed by atoms with Gasteiger partial charge >= 0.3 is 40.0 Å². The van der Waals surface area contributed by atoms with Crippen molar-refractivity contribution in [2.24, 2.45) is 0 Å². The Morgan fingerprint density at radius 3 is 2.00 bits per heavy atom. The first-order chi connectivity index (χ1) is 7.70. The van der Waals surface area contributed by atoms with Crippen molar-refractivity contribution in [1.29, 1.82) is 0 Å². The number of aromatic hydroxyl groups is 1. The maximum absolute atomic E-state index is 9.38. The van der Waals surface area contributed by atoms with Crippen molar-refractivity contribution in [2.75, 3.05) is 0 Å². The molecule has 0 unspecified atom stereocenters. The zero-order chi connectivity index (χ0) is 13.6. The molecule has 0 aromatic carbocycles.